The van der Waals surface area contributed by atoms with Crippen LogP contribution in [0.2, 0.25) is 0 Å². The monoisotopic (exact) mass is 730 g/mol. The lowest BCUT2D eigenvalue weighted by Crippen LogP contribution is -2.12. The molecule has 4 nitrogen and oxygen atoms in total. The zero-order valence-electron chi connectivity index (χ0n) is 34.0. The molecule has 0 atom stereocenters. The van der Waals surface area contributed by atoms with E-state index in [4.69, 9.17) is 9.97 Å². The molecule has 0 fully saturated rings. The van der Waals surface area contributed by atoms with Gasteiger partial charge in [0.15, 0.2) is 0 Å². The van der Waals surface area contributed by atoms with Crippen molar-refractivity contribution in [3.8, 4) is 39.3 Å². The molecule has 9 aromatic rings. The van der Waals surface area contributed by atoms with Gasteiger partial charge in [-0.3, -0.25) is 9.55 Å². The summed E-state index contributed by atoms with van der Waals surface area (Å²) in [6, 6.07) is 46.7. The number of pyridine rings is 1. The third-order valence-corrected chi connectivity index (χ3v) is 11.5. The summed E-state index contributed by atoms with van der Waals surface area (Å²) in [4.78, 5) is 14.3. The van der Waals surface area contributed by atoms with Crippen LogP contribution in [-0.2, 0) is 16.2 Å². The number of aromatic amines is 1. The summed E-state index contributed by atoms with van der Waals surface area (Å²) in [7, 11) is 0. The molecule has 4 heteroatoms. The average molecular weight is 731 g/mol. The number of hydrogen-bond acceptors (Lipinski definition) is 2. The van der Waals surface area contributed by atoms with Crippen LogP contribution < -0.4 is 0 Å². The molecule has 56 heavy (non-hydrogen) atoms. The Balaban J connectivity index is 1.33. The van der Waals surface area contributed by atoms with Gasteiger partial charge in [-0.15, -0.1) is 0 Å². The normalized spacial score (nSPS) is 12.7. The van der Waals surface area contributed by atoms with E-state index in [1.807, 2.05) is 12.3 Å². The van der Waals surface area contributed by atoms with Crippen LogP contribution in [0.4, 0.5) is 0 Å². The second-order valence-electron chi connectivity index (χ2n) is 18.5. The number of imidazole rings is 1. The van der Waals surface area contributed by atoms with Crippen LogP contribution in [0.3, 0.4) is 0 Å². The van der Waals surface area contributed by atoms with Gasteiger partial charge in [-0.05, 0) is 98.7 Å². The largest absolute Gasteiger partial charge is 0.354 e. The van der Waals surface area contributed by atoms with Crippen molar-refractivity contribution in [2.75, 3.05) is 0 Å². The number of benzene rings is 6. The molecule has 0 unspecified atom stereocenters. The van der Waals surface area contributed by atoms with Crippen LogP contribution in [0, 0.1) is 0 Å². The number of fused-ring (bicyclic) bond motifs is 5. The van der Waals surface area contributed by atoms with Crippen LogP contribution in [0.15, 0.2) is 134 Å². The maximum atomic E-state index is 5.69. The molecule has 1 N–H and O–H groups in total. The summed E-state index contributed by atoms with van der Waals surface area (Å²) >= 11 is 0. The van der Waals surface area contributed by atoms with E-state index < -0.39 is 0 Å². The molecule has 0 bridgehead atoms. The fourth-order valence-electron chi connectivity index (χ4n) is 8.15. The fourth-order valence-corrected chi connectivity index (χ4v) is 8.15. The van der Waals surface area contributed by atoms with E-state index in [-0.39, 0.29) is 16.2 Å². The highest BCUT2D eigenvalue weighted by molar-refractivity contribution is 6.13. The van der Waals surface area contributed by atoms with Crippen LogP contribution in [0.25, 0.3) is 83.1 Å². The molecular formula is C52H50N4. The van der Waals surface area contributed by atoms with Gasteiger partial charge in [-0.25, -0.2) is 4.98 Å². The molecular weight excluding hydrogens is 681 g/mol. The van der Waals surface area contributed by atoms with E-state index in [2.05, 4.69) is 193 Å². The molecule has 3 heterocycles. The Bertz CT molecular complexity index is 2950. The molecule has 0 spiro atoms. The van der Waals surface area contributed by atoms with Crippen molar-refractivity contribution in [2.24, 2.45) is 0 Å². The Labute approximate surface area is 330 Å². The average Bonchev–Trinajstić information content (AvgIpc) is 3.75. The lowest BCUT2D eigenvalue weighted by atomic mass is 9.84. The number of rotatable bonds is 4. The topological polar surface area (TPSA) is 46.5 Å². The summed E-state index contributed by atoms with van der Waals surface area (Å²) in [6.07, 6.45) is 1.88. The summed E-state index contributed by atoms with van der Waals surface area (Å²) in [5, 5.41) is 3.61. The number of H-pyrrole nitrogens is 1. The zero-order chi connectivity index (χ0) is 39.1. The molecule has 3 aromatic heterocycles. The Morgan fingerprint density at radius 3 is 1.80 bits per heavy atom. The Kier molecular flexibility index (Phi) is 8.14. The Hall–Kier alpha value is -6.00. The Morgan fingerprint density at radius 2 is 1.11 bits per heavy atom. The van der Waals surface area contributed by atoms with E-state index >= 15 is 0 Å². The predicted octanol–water partition coefficient (Wildman–Crippen LogP) is 14.1. The van der Waals surface area contributed by atoms with E-state index in [0.717, 1.165) is 72.3 Å². The number of para-hydroxylation sites is 2. The molecule has 0 amide bonds. The van der Waals surface area contributed by atoms with Gasteiger partial charge in [-0.2, -0.15) is 0 Å². The highest BCUT2D eigenvalue weighted by Crippen LogP contribution is 2.42. The van der Waals surface area contributed by atoms with Gasteiger partial charge in [0.1, 0.15) is 5.82 Å². The van der Waals surface area contributed by atoms with Crippen molar-refractivity contribution >= 4 is 43.7 Å². The highest BCUT2D eigenvalue weighted by atomic mass is 15.1. The number of hydrogen-bond donors (Lipinski definition) is 1. The predicted molar refractivity (Wildman–Crippen MR) is 238 cm³/mol. The molecule has 0 saturated heterocycles. The minimum Gasteiger partial charge on any atom is -0.354 e. The summed E-state index contributed by atoms with van der Waals surface area (Å²) < 4.78 is 2.37. The van der Waals surface area contributed by atoms with Crippen molar-refractivity contribution in [3.63, 3.8) is 0 Å². The van der Waals surface area contributed by atoms with Gasteiger partial charge in [0.2, 0.25) is 0 Å². The summed E-state index contributed by atoms with van der Waals surface area (Å²) in [5.74, 6) is 0.920. The summed E-state index contributed by atoms with van der Waals surface area (Å²) in [6.45, 7) is 20.6. The maximum Gasteiger partial charge on any atom is 0.147 e. The van der Waals surface area contributed by atoms with E-state index in [0.29, 0.717) is 0 Å². The van der Waals surface area contributed by atoms with Crippen LogP contribution in [0.1, 0.15) is 79.0 Å². The molecule has 0 radical (unpaired) electrons. The van der Waals surface area contributed by atoms with Crippen molar-refractivity contribution in [3.05, 3.63) is 150 Å². The second-order valence-corrected chi connectivity index (χ2v) is 18.5. The van der Waals surface area contributed by atoms with E-state index in [9.17, 15) is 0 Å². The van der Waals surface area contributed by atoms with Crippen LogP contribution >= 0.6 is 0 Å². The van der Waals surface area contributed by atoms with Gasteiger partial charge >= 0.3 is 0 Å². The van der Waals surface area contributed by atoms with Crippen LogP contribution in [0.5, 0.6) is 0 Å². The van der Waals surface area contributed by atoms with E-state index in [1.54, 1.807) is 0 Å². The molecule has 6 aromatic carbocycles. The maximum absolute atomic E-state index is 5.69. The highest BCUT2D eigenvalue weighted by Gasteiger charge is 2.25. The minimum atomic E-state index is -0.0819. The quantitative estimate of drug-likeness (QED) is 0.196. The standard InChI is InChI=1S/C52H50N4/c1-50(2,3)35-21-24-38(25-22-35)56-45-20-12-19-40(34-16-10-15-33(28-34)39-18-11-14-32-17-13-27-53-46(32)39)48(45)55-49(56)43-31-37(52(7,8)9)30-42-41-29-36(51(4,5)6)23-26-44(41)54-47(42)43/h10-31,54H,1-9H3. The lowest BCUT2D eigenvalue weighted by Gasteiger charge is -2.22. The van der Waals surface area contributed by atoms with Crippen molar-refractivity contribution in [2.45, 2.75) is 78.6 Å². The van der Waals surface area contributed by atoms with Crippen molar-refractivity contribution in [1.82, 2.24) is 19.5 Å². The number of nitrogens with one attached hydrogen (secondary N) is 1. The number of aromatic nitrogens is 4. The molecule has 0 aliphatic carbocycles. The van der Waals surface area contributed by atoms with Gasteiger partial charge in [0.05, 0.1) is 22.1 Å². The molecule has 278 valence electrons. The second kappa shape index (κ2) is 12.8. The van der Waals surface area contributed by atoms with Gasteiger partial charge in [0.25, 0.3) is 0 Å². The van der Waals surface area contributed by atoms with Crippen LogP contribution in [-0.4, -0.2) is 19.5 Å². The summed E-state index contributed by atoms with van der Waals surface area (Å²) in [5.41, 5.74) is 15.8. The first-order valence-electron chi connectivity index (χ1n) is 19.8. The Morgan fingerprint density at radius 1 is 0.500 bits per heavy atom. The number of nitrogens with zero attached hydrogens (tertiary/aromatic N) is 3. The van der Waals surface area contributed by atoms with Gasteiger partial charge < -0.3 is 4.98 Å². The lowest BCUT2D eigenvalue weighted by molar-refractivity contribution is 0.590. The van der Waals surface area contributed by atoms with Crippen molar-refractivity contribution < 1.29 is 0 Å². The third kappa shape index (κ3) is 6.09. The van der Waals surface area contributed by atoms with Gasteiger partial charge in [-0.1, -0.05) is 135 Å². The van der Waals surface area contributed by atoms with E-state index in [1.165, 1.54) is 27.5 Å². The third-order valence-electron chi connectivity index (χ3n) is 11.5. The molecule has 0 saturated carbocycles. The first-order valence-corrected chi connectivity index (χ1v) is 19.8. The SMILES string of the molecule is CC(C)(C)c1ccc(-n2c(-c3cc(C(C)(C)C)cc4c3[nH]c3ccc(C(C)(C)C)cc34)nc3c(-c4cccc(-c5cccc6cccnc56)c4)cccc32)cc1. The fraction of sp³-hybridized carbons (Fsp3) is 0.231. The van der Waals surface area contributed by atoms with Gasteiger partial charge in [0, 0.05) is 50.2 Å². The first-order chi connectivity index (χ1) is 26.6. The van der Waals surface area contributed by atoms with Crippen molar-refractivity contribution in [1.29, 1.82) is 0 Å². The first kappa shape index (κ1) is 35.7. The smallest absolute Gasteiger partial charge is 0.147 e. The zero-order valence-corrected chi connectivity index (χ0v) is 34.0. The molecule has 0 aliphatic heterocycles. The molecule has 0 aliphatic rings. The molecule has 9 rings (SSSR count). The minimum absolute atomic E-state index is 0.0350.